The van der Waals surface area contributed by atoms with Crippen molar-refractivity contribution in [3.8, 4) is 11.5 Å². The summed E-state index contributed by atoms with van der Waals surface area (Å²) in [6.07, 6.45) is 0. The molecule has 3 rings (SSSR count). The van der Waals surface area contributed by atoms with Gasteiger partial charge in [-0.05, 0) is 55.3 Å². The fraction of sp³-hybridized carbons (Fsp3) is 0.333. The highest BCUT2D eigenvalue weighted by Crippen LogP contribution is 2.34. The number of ether oxygens (including phenoxy) is 2. The average molecular weight is 362 g/mol. The second kappa shape index (κ2) is 6.48. The van der Waals surface area contributed by atoms with Crippen LogP contribution in [0.3, 0.4) is 0 Å². The van der Waals surface area contributed by atoms with Gasteiger partial charge in [-0.2, -0.15) is 0 Å². The maximum Gasteiger partial charge on any atom is 0.262 e. The zero-order valence-electron chi connectivity index (χ0n) is 14.8. The minimum Gasteiger partial charge on any atom is -0.497 e. The van der Waals surface area contributed by atoms with Crippen LogP contribution < -0.4 is 19.1 Å². The lowest BCUT2D eigenvalue weighted by atomic mass is 10.1. The van der Waals surface area contributed by atoms with Crippen molar-refractivity contribution in [2.75, 3.05) is 36.9 Å². The van der Waals surface area contributed by atoms with Crippen LogP contribution in [0.1, 0.15) is 11.1 Å². The molecule has 0 amide bonds. The summed E-state index contributed by atoms with van der Waals surface area (Å²) in [5, 5.41) is 0. The van der Waals surface area contributed by atoms with Gasteiger partial charge in [0.2, 0.25) is 0 Å². The molecule has 0 saturated heterocycles. The fourth-order valence-corrected chi connectivity index (χ4v) is 4.58. The summed E-state index contributed by atoms with van der Waals surface area (Å²) in [7, 11) is -0.191. The summed E-state index contributed by atoms with van der Waals surface area (Å²) in [5.41, 5.74) is 2.66. The second-order valence-corrected chi connectivity index (χ2v) is 7.77. The lowest BCUT2D eigenvalue weighted by Gasteiger charge is -2.28. The molecule has 0 saturated carbocycles. The Hall–Kier alpha value is -2.41. The van der Waals surface area contributed by atoms with Crippen LogP contribution >= 0.6 is 0 Å². The summed E-state index contributed by atoms with van der Waals surface area (Å²) in [5.74, 6) is 1.40. The van der Waals surface area contributed by atoms with Crippen molar-refractivity contribution in [1.29, 1.82) is 0 Å². The van der Waals surface area contributed by atoms with E-state index in [-0.39, 0.29) is 4.90 Å². The number of hydrogen-bond acceptors (Lipinski definition) is 5. The van der Waals surface area contributed by atoms with Crippen LogP contribution in [0.5, 0.6) is 11.5 Å². The summed E-state index contributed by atoms with van der Waals surface area (Å²) < 4.78 is 39.3. The Morgan fingerprint density at radius 2 is 1.84 bits per heavy atom. The molecular formula is C18H22N2O4S. The van der Waals surface area contributed by atoms with Crippen LogP contribution in [0.15, 0.2) is 35.2 Å². The molecule has 6 nitrogen and oxygen atoms in total. The van der Waals surface area contributed by atoms with Crippen molar-refractivity contribution >= 4 is 21.4 Å². The Balaban J connectivity index is 1.96. The molecule has 1 N–H and O–H groups in total. The molecule has 0 fully saturated rings. The maximum absolute atomic E-state index is 12.9. The first-order valence-corrected chi connectivity index (χ1v) is 9.46. The number of sulfonamides is 1. The van der Waals surface area contributed by atoms with E-state index in [1.165, 1.54) is 0 Å². The minimum atomic E-state index is -3.71. The van der Waals surface area contributed by atoms with E-state index in [0.717, 1.165) is 18.0 Å². The normalized spacial score (nSPS) is 13.8. The third-order valence-electron chi connectivity index (χ3n) is 4.24. The number of rotatable bonds is 4. The van der Waals surface area contributed by atoms with E-state index >= 15 is 0 Å². The number of aryl methyl sites for hydroxylation is 2. The maximum atomic E-state index is 12.9. The molecule has 0 unspecified atom stereocenters. The van der Waals surface area contributed by atoms with Gasteiger partial charge in [-0.15, -0.1) is 0 Å². The third-order valence-corrected chi connectivity index (χ3v) is 5.93. The highest BCUT2D eigenvalue weighted by molar-refractivity contribution is 7.92. The van der Waals surface area contributed by atoms with Crippen molar-refractivity contribution < 1.29 is 17.9 Å². The molecule has 25 heavy (non-hydrogen) atoms. The summed E-state index contributed by atoms with van der Waals surface area (Å²) in [4.78, 5) is 2.32. The quantitative estimate of drug-likeness (QED) is 0.906. The SMILES string of the molecule is COc1cc(C)c(S(=O)(=O)Nc2ccc3c(c2)N(C)CCO3)c(C)c1. The predicted octanol–water partition coefficient (Wildman–Crippen LogP) is 2.94. The number of anilines is 2. The monoisotopic (exact) mass is 362 g/mol. The topological polar surface area (TPSA) is 67.9 Å². The van der Waals surface area contributed by atoms with Gasteiger partial charge in [-0.1, -0.05) is 0 Å². The number of fused-ring (bicyclic) bond motifs is 1. The van der Waals surface area contributed by atoms with Gasteiger partial charge in [-0.3, -0.25) is 4.72 Å². The first kappa shape index (κ1) is 17.4. The van der Waals surface area contributed by atoms with Crippen LogP contribution in [-0.4, -0.2) is 35.7 Å². The van der Waals surface area contributed by atoms with Gasteiger partial charge in [0.25, 0.3) is 10.0 Å². The van der Waals surface area contributed by atoms with Crippen molar-refractivity contribution in [2.24, 2.45) is 0 Å². The van der Waals surface area contributed by atoms with Crippen LogP contribution in [0.25, 0.3) is 0 Å². The summed E-state index contributed by atoms with van der Waals surface area (Å²) in [6.45, 7) is 4.91. The molecular weight excluding hydrogens is 340 g/mol. The highest BCUT2D eigenvalue weighted by Gasteiger charge is 2.22. The third kappa shape index (κ3) is 3.37. The number of likely N-dealkylation sites (N-methyl/N-ethyl adjacent to an activating group) is 1. The van der Waals surface area contributed by atoms with E-state index < -0.39 is 10.0 Å². The van der Waals surface area contributed by atoms with E-state index in [4.69, 9.17) is 9.47 Å². The summed E-state index contributed by atoms with van der Waals surface area (Å²) in [6, 6.07) is 8.73. The number of hydrogen-bond donors (Lipinski definition) is 1. The van der Waals surface area contributed by atoms with Crippen molar-refractivity contribution in [3.63, 3.8) is 0 Å². The number of methoxy groups -OCH3 is 1. The molecule has 0 spiro atoms. The minimum absolute atomic E-state index is 0.274. The Bertz CT molecular complexity index is 886. The zero-order valence-corrected chi connectivity index (χ0v) is 15.6. The first-order chi connectivity index (χ1) is 11.8. The van der Waals surface area contributed by atoms with E-state index in [0.29, 0.717) is 29.2 Å². The highest BCUT2D eigenvalue weighted by atomic mass is 32.2. The second-order valence-electron chi connectivity index (χ2n) is 6.15. The van der Waals surface area contributed by atoms with Gasteiger partial charge in [0.05, 0.1) is 29.9 Å². The summed E-state index contributed by atoms with van der Waals surface area (Å²) >= 11 is 0. The molecule has 2 aromatic carbocycles. The lowest BCUT2D eigenvalue weighted by Crippen LogP contribution is -2.28. The van der Waals surface area contributed by atoms with Crippen molar-refractivity contribution in [2.45, 2.75) is 18.7 Å². The van der Waals surface area contributed by atoms with Crippen LogP contribution in [0, 0.1) is 13.8 Å². The number of benzene rings is 2. The van der Waals surface area contributed by atoms with Gasteiger partial charge >= 0.3 is 0 Å². The molecule has 1 heterocycles. The molecule has 1 aliphatic rings. The zero-order chi connectivity index (χ0) is 18.2. The van der Waals surface area contributed by atoms with Gasteiger partial charge in [0.1, 0.15) is 18.1 Å². The van der Waals surface area contributed by atoms with E-state index in [2.05, 4.69) is 4.72 Å². The number of nitrogens with zero attached hydrogens (tertiary/aromatic N) is 1. The van der Waals surface area contributed by atoms with Crippen LogP contribution in [0.2, 0.25) is 0 Å². The molecule has 2 aromatic rings. The molecule has 1 aliphatic heterocycles. The van der Waals surface area contributed by atoms with Gasteiger partial charge < -0.3 is 14.4 Å². The van der Waals surface area contributed by atoms with Gasteiger partial charge in [-0.25, -0.2) is 8.42 Å². The molecule has 0 atom stereocenters. The van der Waals surface area contributed by atoms with E-state index in [1.807, 2.05) is 11.9 Å². The van der Waals surface area contributed by atoms with E-state index in [9.17, 15) is 8.42 Å². The van der Waals surface area contributed by atoms with Crippen molar-refractivity contribution in [1.82, 2.24) is 0 Å². The van der Waals surface area contributed by atoms with Crippen molar-refractivity contribution in [3.05, 3.63) is 41.5 Å². The Kier molecular flexibility index (Phi) is 4.51. The Morgan fingerprint density at radius 3 is 2.48 bits per heavy atom. The molecule has 0 aliphatic carbocycles. The number of nitrogens with one attached hydrogen (secondary N) is 1. The Morgan fingerprint density at radius 1 is 1.16 bits per heavy atom. The van der Waals surface area contributed by atoms with E-state index in [1.54, 1.807) is 51.3 Å². The molecule has 134 valence electrons. The molecule has 0 aromatic heterocycles. The molecule has 0 bridgehead atoms. The fourth-order valence-electron chi connectivity index (χ4n) is 3.07. The van der Waals surface area contributed by atoms with Crippen LogP contribution in [-0.2, 0) is 10.0 Å². The van der Waals surface area contributed by atoms with Gasteiger partial charge in [0, 0.05) is 7.05 Å². The Labute approximate surface area is 148 Å². The largest absolute Gasteiger partial charge is 0.497 e. The van der Waals surface area contributed by atoms with Crippen LogP contribution in [0.4, 0.5) is 11.4 Å². The smallest absolute Gasteiger partial charge is 0.262 e. The molecule has 7 heteroatoms. The average Bonchev–Trinajstić information content (AvgIpc) is 2.54. The molecule has 0 radical (unpaired) electrons. The standard InChI is InChI=1S/C18H22N2O4S/c1-12-9-15(23-4)10-13(2)18(12)25(21,22)19-14-5-6-17-16(11-14)20(3)7-8-24-17/h5-6,9-11,19H,7-8H2,1-4H3. The lowest BCUT2D eigenvalue weighted by molar-refractivity contribution is 0.311. The predicted molar refractivity (Wildman–Crippen MR) is 98.5 cm³/mol. The first-order valence-electron chi connectivity index (χ1n) is 7.98. The van der Waals surface area contributed by atoms with Gasteiger partial charge in [0.15, 0.2) is 0 Å².